The second-order valence-electron chi connectivity index (χ2n) is 10.6. The van der Waals surface area contributed by atoms with E-state index in [0.29, 0.717) is 12.8 Å². The SMILES string of the molecule is CCCCCCCCCCCCCCCCCC(=O)NC[C@@H](COC(=O)CCC[n+]1ccccc1)OC(C)=O.[Cl-]. The Morgan fingerprint density at radius 1 is 0.725 bits per heavy atom. The fourth-order valence-corrected chi connectivity index (χ4v) is 4.59. The number of aryl methyl sites for hydroxylation is 1. The van der Waals surface area contributed by atoms with Gasteiger partial charge in [0.05, 0.1) is 13.0 Å². The van der Waals surface area contributed by atoms with Crippen molar-refractivity contribution in [2.24, 2.45) is 0 Å². The average Bonchev–Trinajstić information content (AvgIpc) is 2.92. The fraction of sp³-hybridized carbons (Fsp3) is 0.750. The Kier molecular flexibility index (Phi) is 25.6. The minimum absolute atomic E-state index is 0. The summed E-state index contributed by atoms with van der Waals surface area (Å²) < 4.78 is 12.5. The topological polar surface area (TPSA) is 85.6 Å². The van der Waals surface area contributed by atoms with E-state index in [1.165, 1.54) is 90.4 Å². The third-order valence-corrected chi connectivity index (χ3v) is 6.87. The lowest BCUT2D eigenvalue weighted by Gasteiger charge is -2.17. The number of esters is 2. The minimum atomic E-state index is -0.681. The van der Waals surface area contributed by atoms with E-state index in [2.05, 4.69) is 12.2 Å². The van der Waals surface area contributed by atoms with Gasteiger partial charge in [-0.15, -0.1) is 0 Å². The average molecular weight is 583 g/mol. The molecule has 1 rings (SSSR count). The summed E-state index contributed by atoms with van der Waals surface area (Å²) in [6, 6.07) is 5.83. The highest BCUT2D eigenvalue weighted by atomic mass is 35.5. The molecule has 0 unspecified atom stereocenters. The summed E-state index contributed by atoms with van der Waals surface area (Å²) in [5, 5.41) is 2.82. The summed E-state index contributed by atoms with van der Waals surface area (Å²) in [5.41, 5.74) is 0. The Balaban J connectivity index is 0.0000152. The molecule has 7 nitrogen and oxygen atoms in total. The van der Waals surface area contributed by atoms with Crippen LogP contribution in [0.4, 0.5) is 0 Å². The molecule has 0 radical (unpaired) electrons. The van der Waals surface area contributed by atoms with Crippen LogP contribution in [0.3, 0.4) is 0 Å². The Morgan fingerprint density at radius 3 is 1.77 bits per heavy atom. The van der Waals surface area contributed by atoms with Gasteiger partial charge in [0.15, 0.2) is 18.5 Å². The largest absolute Gasteiger partial charge is 1.00 e. The van der Waals surface area contributed by atoms with Crippen molar-refractivity contribution in [3.05, 3.63) is 30.6 Å². The second-order valence-corrected chi connectivity index (χ2v) is 10.6. The van der Waals surface area contributed by atoms with Gasteiger partial charge in [0.2, 0.25) is 5.91 Å². The number of nitrogens with zero attached hydrogens (tertiary/aromatic N) is 1. The lowest BCUT2D eigenvalue weighted by molar-refractivity contribution is -0.697. The molecule has 1 aromatic heterocycles. The molecule has 0 saturated carbocycles. The Hall–Kier alpha value is -2.15. The lowest BCUT2D eigenvalue weighted by Crippen LogP contribution is -3.00. The molecule has 1 heterocycles. The van der Waals surface area contributed by atoms with Crippen LogP contribution < -0.4 is 22.3 Å². The molecule has 40 heavy (non-hydrogen) atoms. The van der Waals surface area contributed by atoms with E-state index in [1.54, 1.807) is 0 Å². The van der Waals surface area contributed by atoms with Crippen molar-refractivity contribution in [3.63, 3.8) is 0 Å². The van der Waals surface area contributed by atoms with Crippen LogP contribution in [-0.4, -0.2) is 37.1 Å². The van der Waals surface area contributed by atoms with Gasteiger partial charge in [0.25, 0.3) is 0 Å². The van der Waals surface area contributed by atoms with Gasteiger partial charge in [-0.3, -0.25) is 14.4 Å². The van der Waals surface area contributed by atoms with Gasteiger partial charge in [0, 0.05) is 31.9 Å². The molecule has 1 atom stereocenters. The summed E-state index contributed by atoms with van der Waals surface area (Å²) in [6.45, 7) is 4.38. The van der Waals surface area contributed by atoms with Crippen molar-refractivity contribution >= 4 is 17.8 Å². The molecule has 0 aliphatic rings. The molecule has 8 heteroatoms. The fourth-order valence-electron chi connectivity index (χ4n) is 4.59. The van der Waals surface area contributed by atoms with E-state index in [0.717, 1.165) is 19.4 Å². The van der Waals surface area contributed by atoms with Crippen LogP contribution in [0.5, 0.6) is 0 Å². The number of ether oxygens (including phenoxy) is 2. The summed E-state index contributed by atoms with van der Waals surface area (Å²) in [5.74, 6) is -0.867. The third kappa shape index (κ3) is 23.7. The molecule has 0 bridgehead atoms. The number of hydrogen-bond donors (Lipinski definition) is 1. The number of hydrogen-bond acceptors (Lipinski definition) is 5. The maximum absolute atomic E-state index is 12.2. The Bertz CT molecular complexity index is 763. The van der Waals surface area contributed by atoms with Gasteiger partial charge in [-0.1, -0.05) is 103 Å². The predicted octanol–water partition coefficient (Wildman–Crippen LogP) is 3.61. The molecule has 0 aliphatic carbocycles. The van der Waals surface area contributed by atoms with Gasteiger partial charge in [0.1, 0.15) is 13.2 Å². The second kappa shape index (κ2) is 27.0. The quantitative estimate of drug-likeness (QED) is 0.108. The summed E-state index contributed by atoms with van der Waals surface area (Å²) in [7, 11) is 0. The number of carbonyl (C=O) groups is 3. The number of nitrogens with one attached hydrogen (secondary N) is 1. The summed E-state index contributed by atoms with van der Waals surface area (Å²) in [4.78, 5) is 35.7. The number of aromatic nitrogens is 1. The van der Waals surface area contributed by atoms with E-state index in [1.807, 2.05) is 35.2 Å². The maximum Gasteiger partial charge on any atom is 0.306 e. The van der Waals surface area contributed by atoms with E-state index in [9.17, 15) is 14.4 Å². The first-order valence-electron chi connectivity index (χ1n) is 15.5. The van der Waals surface area contributed by atoms with Crippen LogP contribution in [0.2, 0.25) is 0 Å². The van der Waals surface area contributed by atoms with Gasteiger partial charge in [-0.05, 0) is 6.42 Å². The van der Waals surface area contributed by atoms with Gasteiger partial charge >= 0.3 is 11.9 Å². The monoisotopic (exact) mass is 582 g/mol. The van der Waals surface area contributed by atoms with E-state index in [-0.39, 0.29) is 43.9 Å². The number of carbonyl (C=O) groups excluding carboxylic acids is 3. The first-order valence-corrected chi connectivity index (χ1v) is 15.5. The van der Waals surface area contributed by atoms with Crippen molar-refractivity contribution in [2.45, 2.75) is 142 Å². The smallest absolute Gasteiger partial charge is 0.306 e. The highest BCUT2D eigenvalue weighted by Gasteiger charge is 2.16. The first kappa shape index (κ1) is 37.9. The zero-order valence-corrected chi connectivity index (χ0v) is 25.9. The molecule has 1 N–H and O–H groups in total. The van der Waals surface area contributed by atoms with Crippen LogP contribution in [0, 0.1) is 0 Å². The van der Waals surface area contributed by atoms with Gasteiger partial charge < -0.3 is 27.2 Å². The van der Waals surface area contributed by atoms with Crippen molar-refractivity contribution in [1.82, 2.24) is 5.32 Å². The van der Waals surface area contributed by atoms with Crippen LogP contribution in [0.1, 0.15) is 129 Å². The van der Waals surface area contributed by atoms with E-state index < -0.39 is 12.1 Å². The summed E-state index contributed by atoms with van der Waals surface area (Å²) >= 11 is 0. The molecule has 230 valence electrons. The number of rotatable bonds is 25. The highest BCUT2D eigenvalue weighted by molar-refractivity contribution is 5.76. The zero-order valence-electron chi connectivity index (χ0n) is 25.2. The zero-order chi connectivity index (χ0) is 28.4. The third-order valence-electron chi connectivity index (χ3n) is 6.87. The lowest BCUT2D eigenvalue weighted by atomic mass is 10.0. The molecule has 0 aliphatic heterocycles. The Labute approximate surface area is 249 Å². The summed E-state index contributed by atoms with van der Waals surface area (Å²) in [6.07, 6.45) is 24.0. The van der Waals surface area contributed by atoms with Crippen LogP contribution in [0.25, 0.3) is 0 Å². The van der Waals surface area contributed by atoms with Crippen molar-refractivity contribution in [2.75, 3.05) is 13.2 Å². The molecule has 1 amide bonds. The minimum Gasteiger partial charge on any atom is -1.00 e. The van der Waals surface area contributed by atoms with Gasteiger partial charge in [-0.25, -0.2) is 4.57 Å². The van der Waals surface area contributed by atoms with Crippen molar-refractivity contribution in [3.8, 4) is 0 Å². The number of pyridine rings is 1. The number of amides is 1. The molecular weight excluding hydrogens is 528 g/mol. The maximum atomic E-state index is 12.2. The van der Waals surface area contributed by atoms with E-state index in [4.69, 9.17) is 9.47 Å². The molecular formula is C32H55ClN2O5. The highest BCUT2D eigenvalue weighted by Crippen LogP contribution is 2.13. The van der Waals surface area contributed by atoms with Crippen LogP contribution >= 0.6 is 0 Å². The predicted molar refractivity (Wildman–Crippen MR) is 155 cm³/mol. The number of halogens is 1. The number of unbranched alkanes of at least 4 members (excludes halogenated alkanes) is 14. The van der Waals surface area contributed by atoms with Crippen LogP contribution in [-0.2, 0) is 30.4 Å². The Morgan fingerprint density at radius 2 is 1.25 bits per heavy atom. The first-order chi connectivity index (χ1) is 19.0. The molecule has 0 spiro atoms. The normalized spacial score (nSPS) is 11.3. The molecule has 0 fully saturated rings. The standard InChI is InChI=1S/C32H54N2O5.ClH/c1-3-4-5-6-7-8-9-10-11-12-13-14-15-16-18-22-31(36)33-27-30(39-29(2)35)28-38-32(37)23-21-26-34-24-19-17-20-25-34;/h17,19-20,24-25,30H,3-16,18,21-23,26-28H2,1-2H3;1H/t30-;/m0./s1. The van der Waals surface area contributed by atoms with Crippen molar-refractivity contribution in [1.29, 1.82) is 0 Å². The van der Waals surface area contributed by atoms with Crippen LogP contribution in [0.15, 0.2) is 30.6 Å². The molecule has 0 aromatic carbocycles. The molecule has 0 saturated heterocycles. The van der Waals surface area contributed by atoms with E-state index >= 15 is 0 Å². The molecule has 1 aromatic rings. The van der Waals surface area contributed by atoms with Crippen molar-refractivity contribution < 1.29 is 40.8 Å². The van der Waals surface area contributed by atoms with Gasteiger partial charge in [-0.2, -0.15) is 0 Å².